The van der Waals surface area contributed by atoms with Gasteiger partial charge >= 0.3 is 0 Å². The number of hydrogen-bond acceptors (Lipinski definition) is 6. The predicted molar refractivity (Wildman–Crippen MR) is 95.3 cm³/mol. The molecule has 1 heterocycles. The standard InChI is InChI=1S/C17H20N4O2S/c1-5-23-14-7-6-11(8-12(14)10-21(2)3)15-13(9-18)16(22)20-17(19-15)24-4/h6-8H,5,10H2,1-4H3,(H,19,20,22). The van der Waals surface area contributed by atoms with E-state index in [9.17, 15) is 10.1 Å². The minimum absolute atomic E-state index is 0.0211. The van der Waals surface area contributed by atoms with E-state index in [1.807, 2.05) is 56.4 Å². The van der Waals surface area contributed by atoms with Crippen LogP contribution >= 0.6 is 11.8 Å². The molecule has 0 amide bonds. The van der Waals surface area contributed by atoms with Crippen molar-refractivity contribution in [3.05, 3.63) is 39.7 Å². The van der Waals surface area contributed by atoms with Gasteiger partial charge in [-0.1, -0.05) is 11.8 Å². The summed E-state index contributed by atoms with van der Waals surface area (Å²) < 4.78 is 5.67. The molecular weight excluding hydrogens is 324 g/mol. The van der Waals surface area contributed by atoms with Crippen LogP contribution in [0.1, 0.15) is 18.1 Å². The highest BCUT2D eigenvalue weighted by Gasteiger charge is 2.15. The number of nitriles is 1. The highest BCUT2D eigenvalue weighted by molar-refractivity contribution is 7.98. The number of aromatic nitrogens is 2. The van der Waals surface area contributed by atoms with Gasteiger partial charge in [-0.05, 0) is 45.5 Å². The summed E-state index contributed by atoms with van der Waals surface area (Å²) in [5.74, 6) is 0.795. The Bertz CT molecular complexity index is 824. The van der Waals surface area contributed by atoms with Crippen LogP contribution < -0.4 is 10.3 Å². The SMILES string of the molecule is CCOc1ccc(-c2nc(SC)[nH]c(=O)c2C#N)cc1CN(C)C. The molecule has 1 N–H and O–H groups in total. The lowest BCUT2D eigenvalue weighted by Gasteiger charge is -2.16. The number of H-pyrrole nitrogens is 1. The molecule has 7 heteroatoms. The van der Waals surface area contributed by atoms with E-state index in [1.54, 1.807) is 0 Å². The first kappa shape index (κ1) is 18.0. The first-order chi connectivity index (χ1) is 11.5. The van der Waals surface area contributed by atoms with Crippen molar-refractivity contribution in [3.8, 4) is 23.1 Å². The van der Waals surface area contributed by atoms with Crippen molar-refractivity contribution < 1.29 is 4.74 Å². The number of benzene rings is 1. The highest BCUT2D eigenvalue weighted by atomic mass is 32.2. The van der Waals surface area contributed by atoms with E-state index in [1.165, 1.54) is 11.8 Å². The second-order valence-corrected chi connectivity index (χ2v) is 6.20. The zero-order valence-corrected chi connectivity index (χ0v) is 15.0. The summed E-state index contributed by atoms with van der Waals surface area (Å²) in [5, 5.41) is 9.81. The number of thioether (sulfide) groups is 1. The average molecular weight is 344 g/mol. The summed E-state index contributed by atoms with van der Waals surface area (Å²) in [6.07, 6.45) is 1.82. The first-order valence-corrected chi connectivity index (χ1v) is 8.71. The summed E-state index contributed by atoms with van der Waals surface area (Å²) in [5.41, 5.74) is 1.71. The summed E-state index contributed by atoms with van der Waals surface area (Å²) >= 11 is 1.33. The summed E-state index contributed by atoms with van der Waals surface area (Å²) in [6.45, 7) is 3.19. The molecule has 126 valence electrons. The van der Waals surface area contributed by atoms with E-state index in [0.717, 1.165) is 16.9 Å². The molecule has 0 aliphatic rings. The average Bonchev–Trinajstić information content (AvgIpc) is 2.55. The second kappa shape index (κ2) is 7.99. The molecule has 1 aromatic carbocycles. The lowest BCUT2D eigenvalue weighted by molar-refractivity contribution is 0.325. The molecule has 0 spiro atoms. The van der Waals surface area contributed by atoms with Crippen molar-refractivity contribution in [3.63, 3.8) is 0 Å². The third-order valence-electron chi connectivity index (χ3n) is 3.32. The first-order valence-electron chi connectivity index (χ1n) is 7.49. The maximum Gasteiger partial charge on any atom is 0.270 e. The molecule has 0 aliphatic carbocycles. The van der Waals surface area contributed by atoms with E-state index in [2.05, 4.69) is 9.97 Å². The van der Waals surface area contributed by atoms with E-state index in [0.29, 0.717) is 24.0 Å². The van der Waals surface area contributed by atoms with Gasteiger partial charge in [0, 0.05) is 17.7 Å². The second-order valence-electron chi connectivity index (χ2n) is 5.40. The predicted octanol–water partition coefficient (Wildman–Crippen LogP) is 2.49. The number of nitrogens with one attached hydrogen (secondary N) is 1. The Balaban J connectivity index is 2.62. The number of rotatable bonds is 6. The monoisotopic (exact) mass is 344 g/mol. The van der Waals surface area contributed by atoms with Gasteiger partial charge in [0.1, 0.15) is 17.4 Å². The quantitative estimate of drug-likeness (QED) is 0.640. The minimum atomic E-state index is -0.421. The van der Waals surface area contributed by atoms with Crippen molar-refractivity contribution in [2.24, 2.45) is 0 Å². The summed E-state index contributed by atoms with van der Waals surface area (Å²) in [7, 11) is 3.95. The molecule has 2 aromatic rings. The van der Waals surface area contributed by atoms with Crippen LogP contribution in [-0.2, 0) is 6.54 Å². The van der Waals surface area contributed by atoms with Crippen molar-refractivity contribution in [2.45, 2.75) is 18.6 Å². The van der Waals surface area contributed by atoms with Crippen molar-refractivity contribution >= 4 is 11.8 Å². The summed E-state index contributed by atoms with van der Waals surface area (Å²) in [6, 6.07) is 7.58. The van der Waals surface area contributed by atoms with Crippen LogP contribution in [0.15, 0.2) is 28.2 Å². The fourth-order valence-corrected chi connectivity index (χ4v) is 2.73. The molecule has 0 aliphatic heterocycles. The number of ether oxygens (including phenoxy) is 1. The topological polar surface area (TPSA) is 82.0 Å². The third-order valence-corrected chi connectivity index (χ3v) is 3.90. The van der Waals surface area contributed by atoms with Crippen molar-refractivity contribution in [1.82, 2.24) is 14.9 Å². The zero-order chi connectivity index (χ0) is 17.7. The number of hydrogen-bond donors (Lipinski definition) is 1. The summed E-state index contributed by atoms with van der Waals surface area (Å²) in [4.78, 5) is 21.2. The van der Waals surface area contributed by atoms with E-state index >= 15 is 0 Å². The van der Waals surface area contributed by atoms with Crippen LogP contribution in [0.2, 0.25) is 0 Å². The number of aromatic amines is 1. The molecule has 1 aromatic heterocycles. The molecule has 0 radical (unpaired) electrons. The Labute approximate surface area is 145 Å². The molecular formula is C17H20N4O2S. The van der Waals surface area contributed by atoms with Crippen LogP contribution in [0, 0.1) is 11.3 Å². The molecule has 0 fully saturated rings. The molecule has 0 saturated heterocycles. The molecule has 6 nitrogen and oxygen atoms in total. The Morgan fingerprint density at radius 1 is 1.42 bits per heavy atom. The maximum atomic E-state index is 12.1. The van der Waals surface area contributed by atoms with Gasteiger partial charge in [-0.25, -0.2) is 4.98 Å². The fourth-order valence-electron chi connectivity index (χ4n) is 2.35. The van der Waals surface area contributed by atoms with Gasteiger partial charge in [0.25, 0.3) is 5.56 Å². The fraction of sp³-hybridized carbons (Fsp3) is 0.353. The Hall–Kier alpha value is -2.30. The van der Waals surface area contributed by atoms with Gasteiger partial charge in [-0.2, -0.15) is 5.26 Å². The molecule has 2 rings (SSSR count). The zero-order valence-electron chi connectivity index (χ0n) is 14.2. The Kier molecular flexibility index (Phi) is 6.01. The highest BCUT2D eigenvalue weighted by Crippen LogP contribution is 2.28. The van der Waals surface area contributed by atoms with Crippen LogP contribution in [0.25, 0.3) is 11.3 Å². The van der Waals surface area contributed by atoms with Gasteiger partial charge < -0.3 is 14.6 Å². The Morgan fingerprint density at radius 2 is 2.17 bits per heavy atom. The van der Waals surface area contributed by atoms with Crippen molar-refractivity contribution in [1.29, 1.82) is 5.26 Å². The van der Waals surface area contributed by atoms with Gasteiger partial charge in [-0.15, -0.1) is 0 Å². The largest absolute Gasteiger partial charge is 0.494 e. The van der Waals surface area contributed by atoms with E-state index in [-0.39, 0.29) is 5.56 Å². The van der Waals surface area contributed by atoms with Gasteiger partial charge in [-0.3, -0.25) is 4.79 Å². The molecule has 0 unspecified atom stereocenters. The van der Waals surface area contributed by atoms with Gasteiger partial charge in [0.15, 0.2) is 5.16 Å². The molecule has 0 atom stereocenters. The Morgan fingerprint density at radius 3 is 2.75 bits per heavy atom. The molecule has 24 heavy (non-hydrogen) atoms. The smallest absolute Gasteiger partial charge is 0.270 e. The van der Waals surface area contributed by atoms with E-state index < -0.39 is 5.56 Å². The molecule has 0 bridgehead atoms. The van der Waals surface area contributed by atoms with Crippen LogP contribution in [-0.4, -0.2) is 41.8 Å². The lowest BCUT2D eigenvalue weighted by atomic mass is 10.0. The van der Waals surface area contributed by atoms with E-state index in [4.69, 9.17) is 4.74 Å². The third kappa shape index (κ3) is 3.96. The van der Waals surface area contributed by atoms with Gasteiger partial charge in [0.2, 0.25) is 0 Å². The lowest BCUT2D eigenvalue weighted by Crippen LogP contribution is -2.15. The minimum Gasteiger partial charge on any atom is -0.494 e. The number of nitrogens with zero attached hydrogens (tertiary/aromatic N) is 3. The van der Waals surface area contributed by atoms with Crippen molar-refractivity contribution in [2.75, 3.05) is 27.0 Å². The van der Waals surface area contributed by atoms with Crippen LogP contribution in [0.4, 0.5) is 0 Å². The molecule has 0 saturated carbocycles. The normalized spacial score (nSPS) is 10.7. The maximum absolute atomic E-state index is 12.1. The van der Waals surface area contributed by atoms with Gasteiger partial charge in [0.05, 0.1) is 12.3 Å². The van der Waals surface area contributed by atoms with Crippen LogP contribution in [0.3, 0.4) is 0 Å². The van der Waals surface area contributed by atoms with Crippen LogP contribution in [0.5, 0.6) is 5.75 Å².